The lowest BCUT2D eigenvalue weighted by Crippen LogP contribution is -2.22. The van der Waals surface area contributed by atoms with Gasteiger partial charge >= 0.3 is 0 Å². The molecule has 6 heteroatoms. The first-order valence-electron chi connectivity index (χ1n) is 9.01. The van der Waals surface area contributed by atoms with Gasteiger partial charge in [-0.2, -0.15) is 0 Å². The van der Waals surface area contributed by atoms with Crippen molar-refractivity contribution >= 4 is 34.3 Å². The Balaban J connectivity index is 1.55. The summed E-state index contributed by atoms with van der Waals surface area (Å²) in [5, 5.41) is 4.18. The van der Waals surface area contributed by atoms with Crippen molar-refractivity contribution in [3.05, 3.63) is 59.7 Å². The molecule has 1 aliphatic carbocycles. The van der Waals surface area contributed by atoms with Gasteiger partial charge in [0.15, 0.2) is 0 Å². The molecule has 4 rings (SSSR count). The number of hydrogen-bond donors (Lipinski definition) is 1. The number of para-hydroxylation sites is 1. The van der Waals surface area contributed by atoms with Crippen LogP contribution in [0.2, 0.25) is 0 Å². The maximum absolute atomic E-state index is 13.7. The second-order valence-electron chi connectivity index (χ2n) is 6.89. The number of aryl methyl sites for hydroxylation is 1. The first-order chi connectivity index (χ1) is 13.0. The van der Waals surface area contributed by atoms with E-state index in [4.69, 9.17) is 4.98 Å². The van der Waals surface area contributed by atoms with Crippen LogP contribution in [0.1, 0.15) is 37.1 Å². The van der Waals surface area contributed by atoms with Crippen molar-refractivity contribution in [3.63, 3.8) is 0 Å². The highest BCUT2D eigenvalue weighted by Gasteiger charge is 2.28. The second kappa shape index (κ2) is 7.27. The molecule has 1 amide bonds. The van der Waals surface area contributed by atoms with Gasteiger partial charge in [0.1, 0.15) is 16.7 Å². The largest absolute Gasteiger partial charge is 0.325 e. The number of thioether (sulfide) groups is 1. The van der Waals surface area contributed by atoms with E-state index in [0.717, 1.165) is 34.6 Å². The number of fused-ring (bicyclic) bond motifs is 1. The van der Waals surface area contributed by atoms with Crippen LogP contribution in [0, 0.1) is 12.7 Å². The third-order valence-corrected chi connectivity index (χ3v) is 5.73. The molecule has 138 valence electrons. The molecule has 4 nitrogen and oxygen atoms in total. The van der Waals surface area contributed by atoms with Crippen LogP contribution in [0.25, 0.3) is 10.9 Å². The Hall–Kier alpha value is -2.47. The molecule has 0 spiro atoms. The summed E-state index contributed by atoms with van der Waals surface area (Å²) >= 11 is 1.41. The summed E-state index contributed by atoms with van der Waals surface area (Å²) < 4.78 is 13.7. The van der Waals surface area contributed by atoms with Crippen LogP contribution < -0.4 is 5.32 Å². The molecule has 1 atom stereocenters. The number of anilines is 1. The van der Waals surface area contributed by atoms with E-state index in [1.807, 2.05) is 31.2 Å². The number of hydrogen-bond acceptors (Lipinski definition) is 4. The number of carbonyl (C=O) groups excluding carboxylic acids is 1. The SMILES string of the molecule is Cc1ccc(NC(=O)C(C)Sc2nc(C3CC3)nc3ccccc23)cc1F. The molecule has 1 aromatic heterocycles. The highest BCUT2D eigenvalue weighted by atomic mass is 32.2. The number of nitrogens with zero attached hydrogens (tertiary/aromatic N) is 2. The predicted octanol–water partition coefficient (Wildman–Crippen LogP) is 5.07. The quantitative estimate of drug-likeness (QED) is 0.495. The van der Waals surface area contributed by atoms with Gasteiger partial charge in [0, 0.05) is 17.0 Å². The molecule has 27 heavy (non-hydrogen) atoms. The van der Waals surface area contributed by atoms with Crippen molar-refractivity contribution in [2.24, 2.45) is 0 Å². The van der Waals surface area contributed by atoms with E-state index in [9.17, 15) is 9.18 Å². The van der Waals surface area contributed by atoms with E-state index < -0.39 is 0 Å². The Bertz CT molecular complexity index is 1020. The average Bonchev–Trinajstić information content (AvgIpc) is 3.50. The summed E-state index contributed by atoms with van der Waals surface area (Å²) in [5.74, 6) is 0.793. The second-order valence-corrected chi connectivity index (χ2v) is 8.22. The third kappa shape index (κ3) is 3.95. The van der Waals surface area contributed by atoms with E-state index in [1.54, 1.807) is 19.1 Å². The molecular weight excluding hydrogens is 361 g/mol. The number of halogens is 1. The lowest BCUT2D eigenvalue weighted by Gasteiger charge is -2.14. The smallest absolute Gasteiger partial charge is 0.237 e. The predicted molar refractivity (Wildman–Crippen MR) is 107 cm³/mol. The third-order valence-electron chi connectivity index (χ3n) is 4.63. The van der Waals surface area contributed by atoms with E-state index in [1.165, 1.54) is 17.8 Å². The first kappa shape index (κ1) is 17.9. The molecule has 1 fully saturated rings. The van der Waals surface area contributed by atoms with Gasteiger partial charge in [-0.05, 0) is 50.5 Å². The molecule has 1 aliphatic rings. The minimum atomic E-state index is -0.375. The summed E-state index contributed by atoms with van der Waals surface area (Å²) in [6.07, 6.45) is 2.24. The lowest BCUT2D eigenvalue weighted by molar-refractivity contribution is -0.115. The summed E-state index contributed by atoms with van der Waals surface area (Å²) in [4.78, 5) is 22.0. The molecule has 2 aromatic carbocycles. The molecule has 1 saturated carbocycles. The maximum atomic E-state index is 13.7. The normalized spacial score (nSPS) is 14.9. The minimum absolute atomic E-state index is 0.182. The maximum Gasteiger partial charge on any atom is 0.237 e. The zero-order chi connectivity index (χ0) is 19.0. The van der Waals surface area contributed by atoms with Gasteiger partial charge in [-0.1, -0.05) is 36.0 Å². The molecule has 0 radical (unpaired) electrons. The molecular formula is C21H20FN3OS. The topological polar surface area (TPSA) is 54.9 Å². The monoisotopic (exact) mass is 381 g/mol. The van der Waals surface area contributed by atoms with Crippen molar-refractivity contribution in [3.8, 4) is 0 Å². The summed E-state index contributed by atoms with van der Waals surface area (Å²) in [5.41, 5.74) is 1.92. The fraction of sp³-hybridized carbons (Fsp3) is 0.286. The lowest BCUT2D eigenvalue weighted by atomic mass is 10.2. The van der Waals surface area contributed by atoms with Crippen molar-refractivity contribution in [1.82, 2.24) is 9.97 Å². The van der Waals surface area contributed by atoms with Crippen molar-refractivity contribution in [1.29, 1.82) is 0 Å². The number of amides is 1. The Labute approximate surface area is 161 Å². The van der Waals surface area contributed by atoms with Gasteiger partial charge in [0.2, 0.25) is 5.91 Å². The van der Waals surface area contributed by atoms with Gasteiger partial charge in [-0.3, -0.25) is 4.79 Å². The van der Waals surface area contributed by atoms with Gasteiger partial charge in [0.25, 0.3) is 0 Å². The van der Waals surface area contributed by atoms with Crippen molar-refractivity contribution in [2.75, 3.05) is 5.32 Å². The fourth-order valence-corrected chi connectivity index (χ4v) is 3.76. The summed E-state index contributed by atoms with van der Waals surface area (Å²) in [6.45, 7) is 3.52. The van der Waals surface area contributed by atoms with Gasteiger partial charge < -0.3 is 5.32 Å². The highest BCUT2D eigenvalue weighted by Crippen LogP contribution is 2.40. The molecule has 1 N–H and O–H groups in total. The van der Waals surface area contributed by atoms with Crippen LogP contribution in [-0.4, -0.2) is 21.1 Å². The van der Waals surface area contributed by atoms with E-state index >= 15 is 0 Å². The number of benzene rings is 2. The number of nitrogens with one attached hydrogen (secondary N) is 1. The molecule has 1 heterocycles. The molecule has 1 unspecified atom stereocenters. The van der Waals surface area contributed by atoms with Crippen molar-refractivity contribution in [2.45, 2.75) is 42.9 Å². The molecule has 0 bridgehead atoms. The van der Waals surface area contributed by atoms with E-state index in [-0.39, 0.29) is 17.0 Å². The summed E-state index contributed by atoms with van der Waals surface area (Å²) in [6, 6.07) is 12.6. The van der Waals surface area contributed by atoms with Crippen molar-refractivity contribution < 1.29 is 9.18 Å². The summed E-state index contributed by atoms with van der Waals surface area (Å²) in [7, 11) is 0. The standard InChI is InChI=1S/C21H20FN3OS/c1-12-7-10-15(11-17(12)22)23-20(26)13(2)27-21-16-5-3-4-6-18(16)24-19(25-21)14-8-9-14/h3-7,10-11,13-14H,8-9H2,1-2H3,(H,23,26). The average molecular weight is 381 g/mol. The van der Waals surface area contributed by atoms with E-state index in [0.29, 0.717) is 17.2 Å². The van der Waals surface area contributed by atoms with Crippen LogP contribution in [0.3, 0.4) is 0 Å². The Morgan fingerprint density at radius 2 is 2.00 bits per heavy atom. The van der Waals surface area contributed by atoms with Gasteiger partial charge in [-0.15, -0.1) is 0 Å². The fourth-order valence-electron chi connectivity index (χ4n) is 2.81. The number of aromatic nitrogens is 2. The zero-order valence-electron chi connectivity index (χ0n) is 15.2. The zero-order valence-corrected chi connectivity index (χ0v) is 16.0. The molecule has 0 aliphatic heterocycles. The highest BCUT2D eigenvalue weighted by molar-refractivity contribution is 8.00. The molecule has 3 aromatic rings. The van der Waals surface area contributed by atoms with Gasteiger partial charge in [-0.25, -0.2) is 14.4 Å². The number of rotatable bonds is 5. The number of carbonyl (C=O) groups is 1. The molecule has 0 saturated heterocycles. The van der Waals surface area contributed by atoms with Crippen LogP contribution in [-0.2, 0) is 4.79 Å². The van der Waals surface area contributed by atoms with E-state index in [2.05, 4.69) is 10.3 Å². The first-order valence-corrected chi connectivity index (χ1v) is 9.89. The Kier molecular flexibility index (Phi) is 4.83. The van der Waals surface area contributed by atoms with Gasteiger partial charge in [0.05, 0.1) is 10.8 Å². The Morgan fingerprint density at radius 1 is 1.22 bits per heavy atom. The minimum Gasteiger partial charge on any atom is -0.325 e. The van der Waals surface area contributed by atoms with Crippen LogP contribution in [0.5, 0.6) is 0 Å². The van der Waals surface area contributed by atoms with Crippen LogP contribution >= 0.6 is 11.8 Å². The van der Waals surface area contributed by atoms with Crippen LogP contribution in [0.15, 0.2) is 47.5 Å². The Morgan fingerprint density at radius 3 is 2.74 bits per heavy atom. The van der Waals surface area contributed by atoms with Crippen LogP contribution in [0.4, 0.5) is 10.1 Å².